The Labute approximate surface area is 205 Å². The molecule has 0 saturated carbocycles. The van der Waals surface area contributed by atoms with Gasteiger partial charge in [0.2, 0.25) is 0 Å². The Kier molecular flexibility index (Phi) is 7.89. The number of ether oxygens (including phenoxy) is 1. The molecule has 0 unspecified atom stereocenters. The van der Waals surface area contributed by atoms with E-state index in [9.17, 15) is 10.1 Å². The molecular formula is C26H22Br2N2O2. The van der Waals surface area contributed by atoms with Crippen molar-refractivity contribution >= 4 is 49.5 Å². The predicted octanol–water partition coefficient (Wildman–Crippen LogP) is 7.26. The number of rotatable bonds is 6. The number of hydrogen-bond acceptors (Lipinski definition) is 3. The zero-order chi connectivity index (χ0) is 23.3. The fourth-order valence-electron chi connectivity index (χ4n) is 3.13. The monoisotopic (exact) mass is 552 g/mol. The summed E-state index contributed by atoms with van der Waals surface area (Å²) in [5.74, 6) is 0.204. The summed E-state index contributed by atoms with van der Waals surface area (Å²) < 4.78 is 7.43. The SMILES string of the molecule is Cc1cccc(COc2c(Br)cc(/C=C(\C#N)C(=O)Nc3cc(C)ccc3C)cc2Br)c1. The number of carbonyl (C=O) groups excluding carboxylic acids is 1. The molecule has 3 aromatic carbocycles. The largest absolute Gasteiger partial charge is 0.487 e. The van der Waals surface area contributed by atoms with Crippen LogP contribution in [0.5, 0.6) is 5.75 Å². The number of halogens is 2. The zero-order valence-electron chi connectivity index (χ0n) is 18.0. The highest BCUT2D eigenvalue weighted by Gasteiger charge is 2.14. The fourth-order valence-corrected chi connectivity index (χ4v) is 4.58. The minimum absolute atomic E-state index is 0.0122. The van der Waals surface area contributed by atoms with Crippen LogP contribution in [0.25, 0.3) is 6.08 Å². The molecule has 4 nitrogen and oxygen atoms in total. The summed E-state index contributed by atoms with van der Waals surface area (Å²) in [6, 6.07) is 19.6. The van der Waals surface area contributed by atoms with E-state index in [4.69, 9.17) is 4.74 Å². The molecule has 3 aromatic rings. The van der Waals surface area contributed by atoms with E-state index in [-0.39, 0.29) is 5.57 Å². The number of nitrogens with one attached hydrogen (secondary N) is 1. The molecule has 0 bridgehead atoms. The van der Waals surface area contributed by atoms with Crippen LogP contribution in [0.1, 0.15) is 27.8 Å². The van der Waals surface area contributed by atoms with E-state index in [2.05, 4.69) is 43.2 Å². The van der Waals surface area contributed by atoms with E-state index in [1.165, 1.54) is 5.56 Å². The van der Waals surface area contributed by atoms with Gasteiger partial charge in [-0.25, -0.2) is 0 Å². The maximum absolute atomic E-state index is 12.7. The number of aryl methyl sites for hydroxylation is 3. The molecule has 0 aliphatic heterocycles. The van der Waals surface area contributed by atoms with Crippen LogP contribution in [0.2, 0.25) is 0 Å². The van der Waals surface area contributed by atoms with Crippen molar-refractivity contribution in [1.82, 2.24) is 0 Å². The Balaban J connectivity index is 1.79. The lowest BCUT2D eigenvalue weighted by Gasteiger charge is -2.12. The lowest BCUT2D eigenvalue weighted by molar-refractivity contribution is -0.112. The van der Waals surface area contributed by atoms with Crippen LogP contribution in [0, 0.1) is 32.1 Å². The van der Waals surface area contributed by atoms with Gasteiger partial charge in [0.25, 0.3) is 5.91 Å². The van der Waals surface area contributed by atoms with Crippen LogP contribution in [0.4, 0.5) is 5.69 Å². The summed E-state index contributed by atoms with van der Waals surface area (Å²) in [5.41, 5.74) is 5.61. The van der Waals surface area contributed by atoms with E-state index in [0.29, 0.717) is 23.6 Å². The maximum Gasteiger partial charge on any atom is 0.266 e. The van der Waals surface area contributed by atoms with Gasteiger partial charge in [0.15, 0.2) is 0 Å². The van der Waals surface area contributed by atoms with Gasteiger partial charge in [0.1, 0.15) is 24.0 Å². The van der Waals surface area contributed by atoms with E-state index < -0.39 is 5.91 Å². The van der Waals surface area contributed by atoms with E-state index in [1.807, 2.05) is 75.4 Å². The smallest absolute Gasteiger partial charge is 0.266 e. The molecule has 0 radical (unpaired) electrons. The van der Waals surface area contributed by atoms with Crippen molar-refractivity contribution < 1.29 is 9.53 Å². The van der Waals surface area contributed by atoms with Crippen molar-refractivity contribution in [2.24, 2.45) is 0 Å². The summed E-state index contributed by atoms with van der Waals surface area (Å²) in [6.07, 6.45) is 1.56. The summed E-state index contributed by atoms with van der Waals surface area (Å²) in [7, 11) is 0. The highest BCUT2D eigenvalue weighted by atomic mass is 79.9. The Morgan fingerprint density at radius 3 is 2.38 bits per heavy atom. The molecule has 0 fully saturated rings. The molecule has 0 heterocycles. The first-order valence-electron chi connectivity index (χ1n) is 9.94. The Morgan fingerprint density at radius 2 is 1.72 bits per heavy atom. The number of benzene rings is 3. The van der Waals surface area contributed by atoms with Gasteiger partial charge in [0, 0.05) is 5.69 Å². The average molecular weight is 554 g/mol. The van der Waals surface area contributed by atoms with E-state index in [0.717, 1.165) is 25.6 Å². The van der Waals surface area contributed by atoms with Crippen LogP contribution < -0.4 is 10.1 Å². The molecular weight excluding hydrogens is 532 g/mol. The molecule has 6 heteroatoms. The number of carbonyl (C=O) groups is 1. The highest BCUT2D eigenvalue weighted by molar-refractivity contribution is 9.11. The molecule has 0 aromatic heterocycles. The summed E-state index contributed by atoms with van der Waals surface area (Å²) >= 11 is 7.08. The minimum atomic E-state index is -0.451. The highest BCUT2D eigenvalue weighted by Crippen LogP contribution is 2.36. The standard InChI is InChI=1S/C26H22Br2N2O2/c1-16-5-4-6-19(9-16)15-32-25-22(27)12-20(13-23(25)28)11-21(14-29)26(31)30-24-10-17(2)7-8-18(24)3/h4-13H,15H2,1-3H3,(H,30,31)/b21-11+. The minimum Gasteiger partial charge on any atom is -0.487 e. The van der Waals surface area contributed by atoms with E-state index in [1.54, 1.807) is 6.08 Å². The second-order valence-electron chi connectivity index (χ2n) is 7.53. The van der Waals surface area contributed by atoms with Gasteiger partial charge in [-0.2, -0.15) is 5.26 Å². The molecule has 32 heavy (non-hydrogen) atoms. The number of nitrogens with zero attached hydrogens (tertiary/aromatic N) is 1. The third-order valence-corrected chi connectivity index (χ3v) is 5.98. The van der Waals surface area contributed by atoms with Gasteiger partial charge in [-0.3, -0.25) is 4.79 Å². The first-order valence-corrected chi connectivity index (χ1v) is 11.5. The van der Waals surface area contributed by atoms with Gasteiger partial charge in [-0.05, 0) is 99.2 Å². The molecule has 0 atom stereocenters. The molecule has 0 aliphatic rings. The second-order valence-corrected chi connectivity index (χ2v) is 9.24. The van der Waals surface area contributed by atoms with Crippen molar-refractivity contribution in [3.05, 3.63) is 96.9 Å². The summed E-state index contributed by atoms with van der Waals surface area (Å²) in [5, 5.41) is 12.4. The molecule has 0 aliphatic carbocycles. The number of amides is 1. The zero-order valence-corrected chi connectivity index (χ0v) is 21.2. The summed E-state index contributed by atoms with van der Waals surface area (Å²) in [4.78, 5) is 12.7. The van der Waals surface area contributed by atoms with Crippen molar-refractivity contribution in [1.29, 1.82) is 5.26 Å². The van der Waals surface area contributed by atoms with Gasteiger partial charge >= 0.3 is 0 Å². The van der Waals surface area contributed by atoms with Crippen LogP contribution >= 0.6 is 31.9 Å². The number of hydrogen-bond donors (Lipinski definition) is 1. The van der Waals surface area contributed by atoms with Gasteiger partial charge in [0.05, 0.1) is 8.95 Å². The molecule has 162 valence electrons. The number of anilines is 1. The second kappa shape index (κ2) is 10.6. The van der Waals surface area contributed by atoms with E-state index >= 15 is 0 Å². The van der Waals surface area contributed by atoms with Gasteiger partial charge < -0.3 is 10.1 Å². The van der Waals surface area contributed by atoms with Gasteiger partial charge in [-0.1, -0.05) is 42.0 Å². The van der Waals surface area contributed by atoms with Crippen molar-refractivity contribution in [2.45, 2.75) is 27.4 Å². The molecule has 0 saturated heterocycles. The van der Waals surface area contributed by atoms with Crippen LogP contribution in [0.15, 0.2) is 69.1 Å². The Morgan fingerprint density at radius 1 is 1.03 bits per heavy atom. The number of nitriles is 1. The van der Waals surface area contributed by atoms with Crippen LogP contribution in [-0.4, -0.2) is 5.91 Å². The molecule has 0 spiro atoms. The molecule has 3 rings (SSSR count). The Hall–Kier alpha value is -2.88. The van der Waals surface area contributed by atoms with Crippen molar-refractivity contribution in [3.63, 3.8) is 0 Å². The van der Waals surface area contributed by atoms with Crippen LogP contribution in [-0.2, 0) is 11.4 Å². The maximum atomic E-state index is 12.7. The Bertz CT molecular complexity index is 1220. The molecule has 1 amide bonds. The average Bonchev–Trinajstić information content (AvgIpc) is 2.74. The topological polar surface area (TPSA) is 62.1 Å². The lowest BCUT2D eigenvalue weighted by atomic mass is 10.1. The first-order chi connectivity index (χ1) is 15.3. The molecule has 1 N–H and O–H groups in total. The predicted molar refractivity (Wildman–Crippen MR) is 135 cm³/mol. The normalized spacial score (nSPS) is 11.1. The quantitative estimate of drug-likeness (QED) is 0.258. The lowest BCUT2D eigenvalue weighted by Crippen LogP contribution is -2.14. The first kappa shape index (κ1) is 23.8. The van der Waals surface area contributed by atoms with Gasteiger partial charge in [-0.15, -0.1) is 0 Å². The van der Waals surface area contributed by atoms with Crippen molar-refractivity contribution in [2.75, 3.05) is 5.32 Å². The van der Waals surface area contributed by atoms with Crippen molar-refractivity contribution in [3.8, 4) is 11.8 Å². The third-order valence-electron chi connectivity index (χ3n) is 4.80. The van der Waals surface area contributed by atoms with Crippen LogP contribution in [0.3, 0.4) is 0 Å². The fraction of sp³-hybridized carbons (Fsp3) is 0.154. The third kappa shape index (κ3) is 6.09. The summed E-state index contributed by atoms with van der Waals surface area (Å²) in [6.45, 7) is 6.33.